The van der Waals surface area contributed by atoms with E-state index in [1.54, 1.807) is 17.0 Å². The third-order valence-corrected chi connectivity index (χ3v) is 5.26. The molecule has 0 unspecified atom stereocenters. The van der Waals surface area contributed by atoms with E-state index in [0.717, 1.165) is 11.3 Å². The summed E-state index contributed by atoms with van der Waals surface area (Å²) in [5.41, 5.74) is 1.89. The molecule has 7 nitrogen and oxygen atoms in total. The molecule has 1 heterocycles. The van der Waals surface area contributed by atoms with Gasteiger partial charge in [0.1, 0.15) is 5.82 Å². The Morgan fingerprint density at radius 2 is 1.59 bits per heavy atom. The SMILES string of the molecule is CCOc1ccc(CCNC(=O)C(=O)N2CCN(c3ccc(F)cc3)CC2)cc1OCC. The van der Waals surface area contributed by atoms with Crippen molar-refractivity contribution in [3.8, 4) is 11.5 Å². The summed E-state index contributed by atoms with van der Waals surface area (Å²) in [5, 5.41) is 2.71. The highest BCUT2D eigenvalue weighted by Gasteiger charge is 2.26. The van der Waals surface area contributed by atoms with Gasteiger partial charge in [0.15, 0.2) is 11.5 Å². The number of rotatable bonds is 8. The van der Waals surface area contributed by atoms with E-state index in [0.29, 0.717) is 63.9 Å². The van der Waals surface area contributed by atoms with E-state index in [4.69, 9.17) is 9.47 Å². The summed E-state index contributed by atoms with van der Waals surface area (Å²) in [4.78, 5) is 28.4. The molecule has 1 aliphatic heterocycles. The molecule has 0 atom stereocenters. The molecule has 0 aliphatic carbocycles. The van der Waals surface area contributed by atoms with Crippen molar-refractivity contribution < 1.29 is 23.5 Å². The van der Waals surface area contributed by atoms with E-state index in [1.807, 2.05) is 32.0 Å². The summed E-state index contributed by atoms with van der Waals surface area (Å²) < 4.78 is 24.3. The first-order chi connectivity index (χ1) is 15.5. The summed E-state index contributed by atoms with van der Waals surface area (Å²) in [6.07, 6.45) is 0.573. The first-order valence-electron chi connectivity index (χ1n) is 11.0. The minimum atomic E-state index is -0.601. The van der Waals surface area contributed by atoms with E-state index in [2.05, 4.69) is 10.2 Å². The molecular formula is C24H30FN3O4. The van der Waals surface area contributed by atoms with Gasteiger partial charge in [0, 0.05) is 38.4 Å². The molecular weight excluding hydrogens is 413 g/mol. The van der Waals surface area contributed by atoms with Gasteiger partial charge in [-0.1, -0.05) is 6.07 Å². The van der Waals surface area contributed by atoms with Gasteiger partial charge >= 0.3 is 11.8 Å². The van der Waals surface area contributed by atoms with Crippen LogP contribution >= 0.6 is 0 Å². The Kier molecular flexibility index (Phi) is 8.30. The minimum Gasteiger partial charge on any atom is -0.490 e. The molecule has 1 aliphatic rings. The lowest BCUT2D eigenvalue weighted by Crippen LogP contribution is -2.52. The summed E-state index contributed by atoms with van der Waals surface area (Å²) in [6.45, 7) is 7.33. The lowest BCUT2D eigenvalue weighted by Gasteiger charge is -2.35. The van der Waals surface area contributed by atoms with Crippen LogP contribution in [0, 0.1) is 5.82 Å². The lowest BCUT2D eigenvalue weighted by molar-refractivity contribution is -0.146. The molecule has 8 heteroatoms. The maximum atomic E-state index is 13.1. The zero-order valence-corrected chi connectivity index (χ0v) is 18.6. The molecule has 1 fully saturated rings. The number of hydrogen-bond acceptors (Lipinski definition) is 5. The van der Waals surface area contributed by atoms with Crippen molar-refractivity contribution in [1.82, 2.24) is 10.2 Å². The fourth-order valence-corrected chi connectivity index (χ4v) is 3.61. The lowest BCUT2D eigenvalue weighted by atomic mass is 10.1. The predicted octanol–water partition coefficient (Wildman–Crippen LogP) is 2.63. The normalized spacial score (nSPS) is 13.6. The second kappa shape index (κ2) is 11.4. The molecule has 1 N–H and O–H groups in total. The Hall–Kier alpha value is -3.29. The molecule has 0 spiro atoms. The van der Waals surface area contributed by atoms with Gasteiger partial charge in [0.2, 0.25) is 0 Å². The predicted molar refractivity (Wildman–Crippen MR) is 121 cm³/mol. The smallest absolute Gasteiger partial charge is 0.312 e. The molecule has 32 heavy (non-hydrogen) atoms. The zero-order chi connectivity index (χ0) is 22.9. The first-order valence-corrected chi connectivity index (χ1v) is 11.0. The van der Waals surface area contributed by atoms with Crippen molar-refractivity contribution in [3.05, 3.63) is 53.8 Å². The monoisotopic (exact) mass is 443 g/mol. The van der Waals surface area contributed by atoms with E-state index in [1.165, 1.54) is 12.1 Å². The van der Waals surface area contributed by atoms with Gasteiger partial charge in [-0.25, -0.2) is 4.39 Å². The number of carbonyl (C=O) groups is 2. The van der Waals surface area contributed by atoms with Gasteiger partial charge in [-0.3, -0.25) is 9.59 Å². The number of piperazine rings is 1. The van der Waals surface area contributed by atoms with Gasteiger partial charge in [-0.2, -0.15) is 0 Å². The number of amides is 2. The number of nitrogens with zero attached hydrogens (tertiary/aromatic N) is 2. The van der Waals surface area contributed by atoms with Crippen molar-refractivity contribution >= 4 is 17.5 Å². The molecule has 3 rings (SSSR count). The largest absolute Gasteiger partial charge is 0.490 e. The highest BCUT2D eigenvalue weighted by molar-refractivity contribution is 6.35. The number of carbonyl (C=O) groups excluding carboxylic acids is 2. The number of hydrogen-bond donors (Lipinski definition) is 1. The maximum absolute atomic E-state index is 13.1. The molecule has 0 bridgehead atoms. The van der Waals surface area contributed by atoms with Crippen LogP contribution in [0.4, 0.5) is 10.1 Å². The molecule has 2 aromatic rings. The van der Waals surface area contributed by atoms with Crippen LogP contribution in [0.2, 0.25) is 0 Å². The van der Waals surface area contributed by atoms with Gasteiger partial charge in [-0.05, 0) is 62.2 Å². The highest BCUT2D eigenvalue weighted by atomic mass is 19.1. The Morgan fingerprint density at radius 1 is 0.938 bits per heavy atom. The van der Waals surface area contributed by atoms with E-state index in [-0.39, 0.29) is 5.82 Å². The van der Waals surface area contributed by atoms with Gasteiger partial charge < -0.3 is 24.6 Å². The summed E-state index contributed by atoms with van der Waals surface area (Å²) >= 11 is 0. The Labute approximate surface area is 188 Å². The Bertz CT molecular complexity index is 912. The standard InChI is InChI=1S/C24H30FN3O4/c1-3-31-21-10-5-18(17-22(21)32-4-2)11-12-26-23(29)24(30)28-15-13-27(14-16-28)20-8-6-19(25)7-9-20/h5-10,17H,3-4,11-16H2,1-2H3,(H,26,29). The van der Waals surface area contributed by atoms with Crippen molar-refractivity contribution in [2.45, 2.75) is 20.3 Å². The molecule has 0 saturated carbocycles. The number of anilines is 1. The van der Waals surface area contributed by atoms with Crippen LogP contribution < -0.4 is 19.7 Å². The van der Waals surface area contributed by atoms with E-state index in [9.17, 15) is 14.0 Å². The van der Waals surface area contributed by atoms with E-state index < -0.39 is 11.8 Å². The molecule has 1 saturated heterocycles. The Morgan fingerprint density at radius 3 is 2.25 bits per heavy atom. The van der Waals surface area contributed by atoms with Crippen molar-refractivity contribution in [1.29, 1.82) is 0 Å². The Balaban J connectivity index is 1.45. The van der Waals surface area contributed by atoms with Crippen LogP contribution in [0.5, 0.6) is 11.5 Å². The van der Waals surface area contributed by atoms with Crippen molar-refractivity contribution in [3.63, 3.8) is 0 Å². The fraction of sp³-hybridized carbons (Fsp3) is 0.417. The summed E-state index contributed by atoms with van der Waals surface area (Å²) in [5.74, 6) is -0.0365. The number of benzene rings is 2. The third-order valence-electron chi connectivity index (χ3n) is 5.26. The van der Waals surface area contributed by atoms with Crippen LogP contribution in [0.1, 0.15) is 19.4 Å². The average molecular weight is 444 g/mol. The third kappa shape index (κ3) is 6.12. The van der Waals surface area contributed by atoms with E-state index >= 15 is 0 Å². The van der Waals surface area contributed by atoms with Crippen LogP contribution in [0.25, 0.3) is 0 Å². The number of nitrogens with one attached hydrogen (secondary N) is 1. The quantitative estimate of drug-likeness (QED) is 0.635. The van der Waals surface area contributed by atoms with Crippen molar-refractivity contribution in [2.75, 3.05) is 50.8 Å². The van der Waals surface area contributed by atoms with Crippen LogP contribution in [-0.2, 0) is 16.0 Å². The maximum Gasteiger partial charge on any atom is 0.312 e. The first kappa shape index (κ1) is 23.4. The van der Waals surface area contributed by atoms with Crippen LogP contribution in [-0.4, -0.2) is 62.7 Å². The zero-order valence-electron chi connectivity index (χ0n) is 18.6. The molecule has 2 amide bonds. The van der Waals surface area contributed by atoms with Gasteiger partial charge in [0.05, 0.1) is 13.2 Å². The van der Waals surface area contributed by atoms with Crippen LogP contribution in [0.15, 0.2) is 42.5 Å². The average Bonchev–Trinajstić information content (AvgIpc) is 2.81. The van der Waals surface area contributed by atoms with Crippen molar-refractivity contribution in [2.24, 2.45) is 0 Å². The summed E-state index contributed by atoms with van der Waals surface area (Å²) in [6, 6.07) is 12.0. The molecule has 172 valence electrons. The molecule has 0 aromatic heterocycles. The van der Waals surface area contributed by atoms with Gasteiger partial charge in [0.25, 0.3) is 0 Å². The molecule has 2 aromatic carbocycles. The topological polar surface area (TPSA) is 71.1 Å². The second-order valence-electron chi connectivity index (χ2n) is 7.41. The summed E-state index contributed by atoms with van der Waals surface area (Å²) in [7, 11) is 0. The number of halogens is 1. The highest BCUT2D eigenvalue weighted by Crippen LogP contribution is 2.28. The van der Waals surface area contributed by atoms with Gasteiger partial charge in [-0.15, -0.1) is 0 Å². The number of ether oxygens (including phenoxy) is 2. The molecule has 0 radical (unpaired) electrons. The second-order valence-corrected chi connectivity index (χ2v) is 7.41. The van der Waals surface area contributed by atoms with Crippen LogP contribution in [0.3, 0.4) is 0 Å². The fourth-order valence-electron chi connectivity index (χ4n) is 3.61. The minimum absolute atomic E-state index is 0.279.